The van der Waals surface area contributed by atoms with E-state index in [1.165, 1.54) is 6.07 Å². The molecule has 1 aromatic heterocycles. The molecule has 0 spiro atoms. The van der Waals surface area contributed by atoms with Crippen LogP contribution in [0.5, 0.6) is 0 Å². The number of sulfonamides is 1. The summed E-state index contributed by atoms with van der Waals surface area (Å²) in [7, 11) is -2.09. The van der Waals surface area contributed by atoms with Crippen molar-refractivity contribution in [2.45, 2.75) is 24.8 Å². The van der Waals surface area contributed by atoms with Gasteiger partial charge in [-0.15, -0.1) is 11.3 Å². The van der Waals surface area contributed by atoms with Crippen molar-refractivity contribution in [3.63, 3.8) is 0 Å². The van der Waals surface area contributed by atoms with Crippen LogP contribution in [-0.4, -0.2) is 31.3 Å². The third-order valence-corrected chi connectivity index (χ3v) is 7.13. The lowest BCUT2D eigenvalue weighted by Crippen LogP contribution is -2.27. The first kappa shape index (κ1) is 21.3. The van der Waals surface area contributed by atoms with Crippen molar-refractivity contribution in [3.05, 3.63) is 75.8 Å². The maximum absolute atomic E-state index is 12.6. The SMILES string of the molecule is Cc1c(Cl)cccc1S(=O)(=O)Nc1nc(CC(=O)N(C)Cc2ccccc2)cs1. The van der Waals surface area contributed by atoms with Gasteiger partial charge in [-0.1, -0.05) is 48.0 Å². The van der Waals surface area contributed by atoms with Crippen molar-refractivity contribution in [1.82, 2.24) is 9.88 Å². The Morgan fingerprint density at radius 1 is 1.17 bits per heavy atom. The van der Waals surface area contributed by atoms with E-state index in [1.54, 1.807) is 36.4 Å². The van der Waals surface area contributed by atoms with E-state index in [1.807, 2.05) is 30.3 Å². The van der Waals surface area contributed by atoms with Crippen molar-refractivity contribution < 1.29 is 13.2 Å². The molecule has 0 saturated heterocycles. The number of carbonyl (C=O) groups excluding carboxylic acids is 1. The highest BCUT2D eigenvalue weighted by Gasteiger charge is 2.20. The van der Waals surface area contributed by atoms with E-state index in [0.717, 1.165) is 16.9 Å². The van der Waals surface area contributed by atoms with E-state index in [-0.39, 0.29) is 22.4 Å². The Labute approximate surface area is 179 Å². The lowest BCUT2D eigenvalue weighted by molar-refractivity contribution is -0.129. The van der Waals surface area contributed by atoms with Gasteiger partial charge in [0.2, 0.25) is 5.91 Å². The van der Waals surface area contributed by atoms with Crippen molar-refractivity contribution in [2.75, 3.05) is 11.8 Å². The van der Waals surface area contributed by atoms with E-state index in [4.69, 9.17) is 11.6 Å². The van der Waals surface area contributed by atoms with Crippen LogP contribution in [-0.2, 0) is 27.8 Å². The zero-order chi connectivity index (χ0) is 21.0. The fraction of sp³-hybridized carbons (Fsp3) is 0.200. The number of anilines is 1. The number of rotatable bonds is 7. The molecular formula is C20H20ClN3O3S2. The van der Waals surface area contributed by atoms with Crippen molar-refractivity contribution in [3.8, 4) is 0 Å². The lowest BCUT2D eigenvalue weighted by atomic mass is 10.2. The van der Waals surface area contributed by atoms with Crippen LogP contribution >= 0.6 is 22.9 Å². The van der Waals surface area contributed by atoms with Crippen LogP contribution in [0.1, 0.15) is 16.8 Å². The summed E-state index contributed by atoms with van der Waals surface area (Å²) in [5.41, 5.74) is 2.02. The molecule has 1 heterocycles. The topological polar surface area (TPSA) is 79.4 Å². The van der Waals surface area contributed by atoms with Crippen LogP contribution in [0.25, 0.3) is 0 Å². The van der Waals surface area contributed by atoms with Gasteiger partial charge in [0.15, 0.2) is 5.13 Å². The Kier molecular flexibility index (Phi) is 6.56. The first-order valence-electron chi connectivity index (χ1n) is 8.76. The number of halogens is 1. The summed E-state index contributed by atoms with van der Waals surface area (Å²) < 4.78 is 27.7. The average molecular weight is 450 g/mol. The molecule has 0 radical (unpaired) electrons. The number of hydrogen-bond donors (Lipinski definition) is 1. The van der Waals surface area contributed by atoms with Crippen LogP contribution in [0.4, 0.5) is 5.13 Å². The lowest BCUT2D eigenvalue weighted by Gasteiger charge is -2.16. The predicted molar refractivity (Wildman–Crippen MR) is 116 cm³/mol. The molecule has 3 aromatic rings. The number of hydrogen-bond acceptors (Lipinski definition) is 5. The summed E-state index contributed by atoms with van der Waals surface area (Å²) >= 11 is 7.16. The van der Waals surface area contributed by atoms with Gasteiger partial charge < -0.3 is 4.90 Å². The summed E-state index contributed by atoms with van der Waals surface area (Å²) in [6, 6.07) is 14.4. The predicted octanol–water partition coefficient (Wildman–Crippen LogP) is 4.11. The molecule has 0 aliphatic rings. The van der Waals surface area contributed by atoms with Gasteiger partial charge in [0.1, 0.15) is 0 Å². The van der Waals surface area contributed by atoms with Crippen LogP contribution in [0, 0.1) is 6.92 Å². The molecule has 152 valence electrons. The fourth-order valence-electron chi connectivity index (χ4n) is 2.72. The Morgan fingerprint density at radius 2 is 1.90 bits per heavy atom. The number of nitrogens with zero attached hydrogens (tertiary/aromatic N) is 2. The molecule has 29 heavy (non-hydrogen) atoms. The second-order valence-electron chi connectivity index (χ2n) is 6.52. The minimum absolute atomic E-state index is 0.0950. The third kappa shape index (κ3) is 5.35. The molecule has 0 bridgehead atoms. The quantitative estimate of drug-likeness (QED) is 0.588. The van der Waals surface area contributed by atoms with Gasteiger partial charge in [0.25, 0.3) is 10.0 Å². The Bertz CT molecular complexity index is 1120. The summed E-state index contributed by atoms with van der Waals surface area (Å²) in [6.07, 6.45) is 0.0950. The first-order chi connectivity index (χ1) is 13.8. The van der Waals surface area contributed by atoms with Gasteiger partial charge in [-0.05, 0) is 30.2 Å². The summed E-state index contributed by atoms with van der Waals surface area (Å²) in [5, 5.41) is 2.26. The molecule has 0 aliphatic heterocycles. The molecule has 1 N–H and O–H groups in total. The summed E-state index contributed by atoms with van der Waals surface area (Å²) in [4.78, 5) is 18.4. The van der Waals surface area contributed by atoms with Crippen LogP contribution in [0.15, 0.2) is 58.8 Å². The first-order valence-corrected chi connectivity index (χ1v) is 11.5. The van der Waals surface area contributed by atoms with Crippen LogP contribution in [0.3, 0.4) is 0 Å². The van der Waals surface area contributed by atoms with Gasteiger partial charge in [-0.25, -0.2) is 13.4 Å². The van der Waals surface area contributed by atoms with Gasteiger partial charge in [-0.3, -0.25) is 9.52 Å². The van der Waals surface area contributed by atoms with Crippen molar-refractivity contribution >= 4 is 44.0 Å². The van der Waals surface area contributed by atoms with E-state index in [0.29, 0.717) is 22.8 Å². The number of benzene rings is 2. The minimum Gasteiger partial charge on any atom is -0.341 e. The molecule has 0 aliphatic carbocycles. The van der Waals surface area contributed by atoms with E-state index in [2.05, 4.69) is 9.71 Å². The molecule has 0 saturated carbocycles. The fourth-order valence-corrected chi connectivity index (χ4v) is 5.18. The molecule has 1 amide bonds. The normalized spacial score (nSPS) is 11.3. The van der Waals surface area contributed by atoms with Gasteiger partial charge in [-0.2, -0.15) is 0 Å². The van der Waals surface area contributed by atoms with Crippen molar-refractivity contribution in [1.29, 1.82) is 0 Å². The second kappa shape index (κ2) is 8.94. The number of likely N-dealkylation sites (N-methyl/N-ethyl adjacent to an activating group) is 1. The molecular weight excluding hydrogens is 430 g/mol. The Balaban J connectivity index is 1.66. The highest BCUT2D eigenvalue weighted by molar-refractivity contribution is 7.93. The summed E-state index contributed by atoms with van der Waals surface area (Å²) in [5.74, 6) is -0.0979. The molecule has 0 unspecified atom stereocenters. The smallest absolute Gasteiger partial charge is 0.263 e. The maximum atomic E-state index is 12.6. The van der Waals surface area contributed by atoms with E-state index >= 15 is 0 Å². The molecule has 9 heteroatoms. The average Bonchev–Trinajstić information content (AvgIpc) is 3.10. The zero-order valence-electron chi connectivity index (χ0n) is 15.9. The molecule has 6 nitrogen and oxygen atoms in total. The maximum Gasteiger partial charge on any atom is 0.263 e. The molecule has 0 atom stereocenters. The minimum atomic E-state index is -3.82. The second-order valence-corrected chi connectivity index (χ2v) is 9.44. The molecule has 0 fully saturated rings. The van der Waals surface area contributed by atoms with Gasteiger partial charge in [0.05, 0.1) is 17.0 Å². The van der Waals surface area contributed by atoms with Gasteiger partial charge >= 0.3 is 0 Å². The van der Waals surface area contributed by atoms with Crippen LogP contribution in [0.2, 0.25) is 5.02 Å². The number of carbonyl (C=O) groups is 1. The number of aromatic nitrogens is 1. The number of nitrogens with one attached hydrogen (secondary N) is 1. The molecule has 3 rings (SSSR count). The van der Waals surface area contributed by atoms with E-state index in [9.17, 15) is 13.2 Å². The zero-order valence-corrected chi connectivity index (χ0v) is 18.3. The monoisotopic (exact) mass is 449 g/mol. The van der Waals surface area contributed by atoms with Gasteiger partial charge in [0, 0.05) is 24.0 Å². The Morgan fingerprint density at radius 3 is 2.62 bits per heavy atom. The number of amides is 1. The third-order valence-electron chi connectivity index (χ3n) is 4.30. The number of thiazole rings is 1. The highest BCUT2D eigenvalue weighted by Crippen LogP contribution is 2.26. The van der Waals surface area contributed by atoms with Crippen molar-refractivity contribution in [2.24, 2.45) is 0 Å². The summed E-state index contributed by atoms with van der Waals surface area (Å²) in [6.45, 7) is 2.14. The standard InChI is InChI=1S/C20H20ClN3O3S2/c1-14-17(21)9-6-10-18(14)29(26,27)23-20-22-16(13-28-20)11-19(25)24(2)12-15-7-4-3-5-8-15/h3-10,13H,11-12H2,1-2H3,(H,22,23). The highest BCUT2D eigenvalue weighted by atomic mass is 35.5. The molecule has 2 aromatic carbocycles. The Hall–Kier alpha value is -2.42. The van der Waals surface area contributed by atoms with E-state index < -0.39 is 10.0 Å². The van der Waals surface area contributed by atoms with Crippen LogP contribution < -0.4 is 4.72 Å². The largest absolute Gasteiger partial charge is 0.341 e.